The summed E-state index contributed by atoms with van der Waals surface area (Å²) in [5, 5.41) is 2.56. The maximum absolute atomic E-state index is 12.1. The third-order valence-electron chi connectivity index (χ3n) is 2.98. The van der Waals surface area contributed by atoms with Crippen LogP contribution in [0.3, 0.4) is 0 Å². The monoisotopic (exact) mass is 312 g/mol. The van der Waals surface area contributed by atoms with Gasteiger partial charge in [0, 0.05) is 12.3 Å². The van der Waals surface area contributed by atoms with Gasteiger partial charge >= 0.3 is 5.51 Å². The Labute approximate surface area is 120 Å². The van der Waals surface area contributed by atoms with Crippen molar-refractivity contribution in [1.29, 1.82) is 0 Å². The number of piperazine rings is 1. The van der Waals surface area contributed by atoms with Gasteiger partial charge in [-0.15, -0.1) is 0 Å². The van der Waals surface area contributed by atoms with E-state index in [2.05, 4.69) is 5.32 Å². The number of rotatable bonds is 5. The molecule has 2 unspecified atom stereocenters. The van der Waals surface area contributed by atoms with E-state index >= 15 is 0 Å². The fourth-order valence-corrected chi connectivity index (χ4v) is 2.64. The fraction of sp³-hybridized carbons (Fsp3) is 0.833. The Morgan fingerprint density at radius 2 is 1.95 bits per heavy atom. The van der Waals surface area contributed by atoms with Crippen LogP contribution < -0.4 is 5.32 Å². The number of hydrogen-bond donors (Lipinski definition) is 1. The molecule has 1 fully saturated rings. The van der Waals surface area contributed by atoms with Crippen LogP contribution in [0.5, 0.6) is 0 Å². The van der Waals surface area contributed by atoms with E-state index in [1.54, 1.807) is 0 Å². The van der Waals surface area contributed by atoms with Gasteiger partial charge in [-0.05, 0) is 31.0 Å². The van der Waals surface area contributed by atoms with Crippen molar-refractivity contribution >= 4 is 23.6 Å². The normalized spacial score (nSPS) is 24.2. The van der Waals surface area contributed by atoms with Crippen LogP contribution in [0.15, 0.2) is 0 Å². The van der Waals surface area contributed by atoms with Crippen molar-refractivity contribution in [3.8, 4) is 0 Å². The van der Waals surface area contributed by atoms with Crippen LogP contribution >= 0.6 is 11.8 Å². The van der Waals surface area contributed by atoms with E-state index in [0.29, 0.717) is 6.42 Å². The van der Waals surface area contributed by atoms with Gasteiger partial charge < -0.3 is 10.2 Å². The van der Waals surface area contributed by atoms with Gasteiger partial charge in [0.25, 0.3) is 0 Å². The van der Waals surface area contributed by atoms with Gasteiger partial charge in [0.15, 0.2) is 0 Å². The van der Waals surface area contributed by atoms with Crippen molar-refractivity contribution in [2.24, 2.45) is 5.92 Å². The van der Waals surface area contributed by atoms with Crippen LogP contribution in [0.2, 0.25) is 0 Å². The summed E-state index contributed by atoms with van der Waals surface area (Å²) in [5.74, 6) is -0.699. The molecular weight excluding hydrogens is 293 g/mol. The molecular formula is C12H19F3N2O2S. The lowest BCUT2D eigenvalue weighted by Crippen LogP contribution is -2.63. The first-order chi connectivity index (χ1) is 9.11. The number of nitrogens with zero attached hydrogens (tertiary/aromatic N) is 1. The first-order valence-electron chi connectivity index (χ1n) is 6.43. The predicted octanol–water partition coefficient (Wildman–Crippen LogP) is 2.00. The Bertz CT molecular complexity index is 374. The molecule has 2 amide bonds. The Balaban J connectivity index is 2.72. The molecule has 0 aromatic rings. The Kier molecular flexibility index (Phi) is 5.73. The molecule has 1 saturated heterocycles. The topological polar surface area (TPSA) is 49.4 Å². The van der Waals surface area contributed by atoms with E-state index in [1.807, 2.05) is 13.8 Å². The molecule has 116 valence electrons. The quantitative estimate of drug-likeness (QED) is 0.845. The molecule has 0 aromatic carbocycles. The highest BCUT2D eigenvalue weighted by molar-refractivity contribution is 8.00. The summed E-state index contributed by atoms with van der Waals surface area (Å²) in [4.78, 5) is 25.2. The summed E-state index contributed by atoms with van der Waals surface area (Å²) in [5.41, 5.74) is -4.32. The van der Waals surface area contributed by atoms with Gasteiger partial charge in [-0.3, -0.25) is 9.59 Å². The third-order valence-corrected chi connectivity index (χ3v) is 3.70. The molecule has 0 aliphatic carbocycles. The molecule has 0 radical (unpaired) electrons. The average Bonchev–Trinajstić information content (AvgIpc) is 2.28. The molecule has 1 aliphatic heterocycles. The number of carbonyl (C=O) groups is 2. The van der Waals surface area contributed by atoms with Crippen LogP contribution in [0.1, 0.15) is 27.2 Å². The third kappa shape index (κ3) is 4.88. The first-order valence-corrected chi connectivity index (χ1v) is 7.42. The highest BCUT2D eigenvalue weighted by atomic mass is 32.2. The molecule has 1 N–H and O–H groups in total. The molecule has 1 rings (SSSR count). The fourth-order valence-electron chi connectivity index (χ4n) is 2.12. The van der Waals surface area contributed by atoms with Crippen molar-refractivity contribution in [3.05, 3.63) is 0 Å². The Hall–Kier alpha value is -0.920. The summed E-state index contributed by atoms with van der Waals surface area (Å²) >= 11 is -0.173. The molecule has 0 aromatic heterocycles. The Morgan fingerprint density at radius 1 is 1.35 bits per heavy atom. The smallest absolute Gasteiger partial charge is 0.343 e. The minimum atomic E-state index is -4.32. The number of halogens is 3. The van der Waals surface area contributed by atoms with Crippen LogP contribution in [-0.4, -0.2) is 46.6 Å². The molecule has 4 nitrogen and oxygen atoms in total. The van der Waals surface area contributed by atoms with E-state index in [4.69, 9.17) is 0 Å². The van der Waals surface area contributed by atoms with Gasteiger partial charge in [0.05, 0.1) is 0 Å². The van der Waals surface area contributed by atoms with Crippen molar-refractivity contribution < 1.29 is 22.8 Å². The van der Waals surface area contributed by atoms with Crippen LogP contribution in [-0.2, 0) is 9.59 Å². The number of carbonyl (C=O) groups excluding carboxylic acids is 2. The van der Waals surface area contributed by atoms with Gasteiger partial charge in [-0.25, -0.2) is 0 Å². The van der Waals surface area contributed by atoms with Gasteiger partial charge in [-0.2, -0.15) is 13.2 Å². The maximum Gasteiger partial charge on any atom is 0.441 e. The number of alkyl halides is 3. The summed E-state index contributed by atoms with van der Waals surface area (Å²) in [7, 11) is 0. The zero-order valence-electron chi connectivity index (χ0n) is 11.7. The van der Waals surface area contributed by atoms with Crippen LogP contribution in [0, 0.1) is 5.92 Å². The summed E-state index contributed by atoms with van der Waals surface area (Å²) in [6.07, 6.45) is 0.445. The van der Waals surface area contributed by atoms with E-state index < -0.39 is 17.6 Å². The predicted molar refractivity (Wildman–Crippen MR) is 71.1 cm³/mol. The lowest BCUT2D eigenvalue weighted by Gasteiger charge is -2.38. The van der Waals surface area contributed by atoms with Crippen LogP contribution in [0.4, 0.5) is 13.2 Å². The number of thioether (sulfide) groups is 1. The van der Waals surface area contributed by atoms with Crippen LogP contribution in [0.25, 0.3) is 0 Å². The average molecular weight is 312 g/mol. The number of nitrogens with one attached hydrogen (secondary N) is 1. The second-order valence-corrected chi connectivity index (χ2v) is 6.36. The van der Waals surface area contributed by atoms with Crippen molar-refractivity contribution in [2.75, 3.05) is 12.3 Å². The lowest BCUT2D eigenvalue weighted by atomic mass is 9.98. The van der Waals surface area contributed by atoms with E-state index in [-0.39, 0.29) is 41.8 Å². The summed E-state index contributed by atoms with van der Waals surface area (Å²) < 4.78 is 36.4. The SMILES string of the molecule is CC(C)CC1C(=O)NC(C)C(=O)N1CCSC(F)(F)F. The Morgan fingerprint density at radius 3 is 2.45 bits per heavy atom. The second-order valence-electron chi connectivity index (χ2n) is 5.20. The van der Waals surface area contributed by atoms with E-state index in [9.17, 15) is 22.8 Å². The number of amides is 2. The summed E-state index contributed by atoms with van der Waals surface area (Å²) in [6, 6.07) is -1.35. The van der Waals surface area contributed by atoms with E-state index in [1.165, 1.54) is 11.8 Å². The molecule has 0 saturated carbocycles. The molecule has 2 atom stereocenters. The highest BCUT2D eigenvalue weighted by Gasteiger charge is 2.39. The van der Waals surface area contributed by atoms with Crippen molar-refractivity contribution in [2.45, 2.75) is 44.8 Å². The highest BCUT2D eigenvalue weighted by Crippen LogP contribution is 2.30. The number of hydrogen-bond acceptors (Lipinski definition) is 3. The first kappa shape index (κ1) is 17.1. The minimum absolute atomic E-state index is 0.0713. The molecule has 0 bridgehead atoms. The zero-order valence-corrected chi connectivity index (χ0v) is 12.5. The molecule has 20 heavy (non-hydrogen) atoms. The molecule has 0 spiro atoms. The maximum atomic E-state index is 12.1. The standard InChI is InChI=1S/C12H19F3N2O2S/c1-7(2)6-9-10(18)16-8(3)11(19)17(9)4-5-20-12(13,14)15/h7-9H,4-6H2,1-3H3,(H,16,18). The zero-order chi connectivity index (χ0) is 15.5. The van der Waals surface area contributed by atoms with Gasteiger partial charge in [0.1, 0.15) is 12.1 Å². The molecule has 1 heterocycles. The van der Waals surface area contributed by atoms with Gasteiger partial charge in [-0.1, -0.05) is 13.8 Å². The second kappa shape index (κ2) is 6.69. The van der Waals surface area contributed by atoms with Crippen molar-refractivity contribution in [1.82, 2.24) is 10.2 Å². The molecule has 8 heteroatoms. The van der Waals surface area contributed by atoms with Crippen molar-refractivity contribution in [3.63, 3.8) is 0 Å². The van der Waals surface area contributed by atoms with E-state index in [0.717, 1.165) is 0 Å². The minimum Gasteiger partial charge on any atom is -0.343 e. The van der Waals surface area contributed by atoms with Gasteiger partial charge in [0.2, 0.25) is 11.8 Å². The molecule has 1 aliphatic rings. The summed E-state index contributed by atoms with van der Waals surface area (Å²) in [6.45, 7) is 5.27. The lowest BCUT2D eigenvalue weighted by molar-refractivity contribution is -0.149. The largest absolute Gasteiger partial charge is 0.441 e.